The van der Waals surface area contributed by atoms with Crippen molar-refractivity contribution in [1.29, 1.82) is 0 Å². The van der Waals surface area contributed by atoms with E-state index in [9.17, 15) is 9.59 Å². The van der Waals surface area contributed by atoms with Crippen LogP contribution in [0, 0.1) is 6.92 Å². The fraction of sp³-hybridized carbons (Fsp3) is 0.391. The van der Waals surface area contributed by atoms with Crippen molar-refractivity contribution in [2.24, 2.45) is 0 Å². The molecule has 0 unspecified atom stereocenters. The fourth-order valence-corrected chi connectivity index (χ4v) is 3.61. The SMILES string of the molecule is COc1ccc(CCC(=O)Nc2ccccc2C(=O)N2CCCCC2)cc1C. The summed E-state index contributed by atoms with van der Waals surface area (Å²) in [5.74, 6) is 0.757. The zero-order valence-electron chi connectivity index (χ0n) is 16.7. The molecule has 148 valence electrons. The first-order valence-corrected chi connectivity index (χ1v) is 9.90. The number of aryl methyl sites for hydroxylation is 2. The Hall–Kier alpha value is -2.82. The lowest BCUT2D eigenvalue weighted by Gasteiger charge is -2.27. The molecule has 5 heteroatoms. The zero-order chi connectivity index (χ0) is 19.9. The molecule has 1 heterocycles. The molecule has 0 radical (unpaired) electrons. The number of benzene rings is 2. The van der Waals surface area contributed by atoms with Gasteiger partial charge in [0.2, 0.25) is 5.91 Å². The molecular weight excluding hydrogens is 352 g/mol. The number of nitrogens with zero attached hydrogens (tertiary/aromatic N) is 1. The van der Waals surface area contributed by atoms with Crippen LogP contribution in [0.5, 0.6) is 5.75 Å². The van der Waals surface area contributed by atoms with Gasteiger partial charge in [0.1, 0.15) is 5.75 Å². The predicted molar refractivity (Wildman–Crippen MR) is 111 cm³/mol. The maximum atomic E-state index is 12.8. The Kier molecular flexibility index (Phi) is 6.69. The number of ether oxygens (including phenoxy) is 1. The second kappa shape index (κ2) is 9.40. The summed E-state index contributed by atoms with van der Waals surface area (Å²) in [6, 6.07) is 13.2. The van der Waals surface area contributed by atoms with Crippen molar-refractivity contribution in [3.8, 4) is 5.75 Å². The first kappa shape index (κ1) is 19.9. The first-order valence-electron chi connectivity index (χ1n) is 9.90. The van der Waals surface area contributed by atoms with Crippen molar-refractivity contribution in [3.05, 3.63) is 59.2 Å². The number of anilines is 1. The van der Waals surface area contributed by atoms with Crippen LogP contribution in [0.2, 0.25) is 0 Å². The normalized spacial score (nSPS) is 13.9. The molecule has 0 saturated carbocycles. The van der Waals surface area contributed by atoms with Crippen molar-refractivity contribution < 1.29 is 14.3 Å². The van der Waals surface area contributed by atoms with E-state index in [0.717, 1.165) is 42.8 Å². The maximum absolute atomic E-state index is 12.8. The van der Waals surface area contributed by atoms with Crippen molar-refractivity contribution in [1.82, 2.24) is 4.90 Å². The van der Waals surface area contributed by atoms with Gasteiger partial charge in [0, 0.05) is 19.5 Å². The predicted octanol–water partition coefficient (Wildman–Crippen LogP) is 4.20. The molecule has 1 N–H and O–H groups in total. The number of piperidine rings is 1. The molecule has 2 aromatic rings. The van der Waals surface area contributed by atoms with E-state index in [-0.39, 0.29) is 11.8 Å². The Morgan fingerprint density at radius 2 is 1.82 bits per heavy atom. The number of nitrogens with one attached hydrogen (secondary N) is 1. The summed E-state index contributed by atoms with van der Waals surface area (Å²) in [7, 11) is 1.65. The molecule has 1 aliphatic rings. The van der Waals surface area contributed by atoms with Crippen LogP contribution >= 0.6 is 0 Å². The van der Waals surface area contributed by atoms with Gasteiger partial charge in [-0.05, 0) is 61.9 Å². The molecule has 0 spiro atoms. The van der Waals surface area contributed by atoms with Gasteiger partial charge in [0.15, 0.2) is 0 Å². The lowest BCUT2D eigenvalue weighted by molar-refractivity contribution is -0.116. The van der Waals surface area contributed by atoms with E-state index in [0.29, 0.717) is 24.1 Å². The molecule has 1 aliphatic heterocycles. The van der Waals surface area contributed by atoms with Crippen LogP contribution in [0.25, 0.3) is 0 Å². The van der Waals surface area contributed by atoms with Gasteiger partial charge in [-0.3, -0.25) is 9.59 Å². The summed E-state index contributed by atoms with van der Waals surface area (Å²) < 4.78 is 5.27. The minimum absolute atomic E-state index is 0.00128. The molecular formula is C23H28N2O3. The molecule has 0 bridgehead atoms. The minimum atomic E-state index is -0.0904. The highest BCUT2D eigenvalue weighted by atomic mass is 16.5. The number of carbonyl (C=O) groups excluding carboxylic acids is 2. The number of rotatable bonds is 6. The van der Waals surface area contributed by atoms with Gasteiger partial charge < -0.3 is 15.0 Å². The van der Waals surface area contributed by atoms with E-state index in [4.69, 9.17) is 4.74 Å². The first-order chi connectivity index (χ1) is 13.6. The van der Waals surface area contributed by atoms with Gasteiger partial charge in [-0.15, -0.1) is 0 Å². The van der Waals surface area contributed by atoms with Crippen molar-refractivity contribution in [3.63, 3.8) is 0 Å². The third-order valence-electron chi connectivity index (χ3n) is 5.17. The highest BCUT2D eigenvalue weighted by Crippen LogP contribution is 2.22. The lowest BCUT2D eigenvalue weighted by atomic mass is 10.1. The van der Waals surface area contributed by atoms with E-state index in [1.165, 1.54) is 6.42 Å². The molecule has 1 saturated heterocycles. The van der Waals surface area contributed by atoms with Crippen LogP contribution in [0.15, 0.2) is 42.5 Å². The second-order valence-electron chi connectivity index (χ2n) is 7.25. The summed E-state index contributed by atoms with van der Waals surface area (Å²) in [5, 5.41) is 2.93. The van der Waals surface area contributed by atoms with Crippen LogP contribution in [-0.4, -0.2) is 36.9 Å². The number of methoxy groups -OCH3 is 1. The minimum Gasteiger partial charge on any atom is -0.496 e. The topological polar surface area (TPSA) is 58.6 Å². The largest absolute Gasteiger partial charge is 0.496 e. The van der Waals surface area contributed by atoms with Gasteiger partial charge in [-0.2, -0.15) is 0 Å². The number of amides is 2. The Labute approximate surface area is 166 Å². The van der Waals surface area contributed by atoms with E-state index >= 15 is 0 Å². The summed E-state index contributed by atoms with van der Waals surface area (Å²) in [4.78, 5) is 27.2. The molecule has 0 aromatic heterocycles. The number of carbonyl (C=O) groups is 2. The smallest absolute Gasteiger partial charge is 0.255 e. The quantitative estimate of drug-likeness (QED) is 0.817. The zero-order valence-corrected chi connectivity index (χ0v) is 16.7. The maximum Gasteiger partial charge on any atom is 0.255 e. The average molecular weight is 380 g/mol. The second-order valence-corrected chi connectivity index (χ2v) is 7.25. The van der Waals surface area contributed by atoms with Gasteiger partial charge in [-0.25, -0.2) is 0 Å². The van der Waals surface area contributed by atoms with Gasteiger partial charge >= 0.3 is 0 Å². The monoisotopic (exact) mass is 380 g/mol. The van der Waals surface area contributed by atoms with E-state index in [2.05, 4.69) is 5.32 Å². The summed E-state index contributed by atoms with van der Waals surface area (Å²) in [5.41, 5.74) is 3.30. The molecule has 0 atom stereocenters. The summed E-state index contributed by atoms with van der Waals surface area (Å²) in [6.07, 6.45) is 4.26. The van der Waals surface area contributed by atoms with E-state index in [1.54, 1.807) is 19.2 Å². The van der Waals surface area contributed by atoms with Gasteiger partial charge in [-0.1, -0.05) is 24.3 Å². The number of hydrogen-bond donors (Lipinski definition) is 1. The average Bonchev–Trinajstić information content (AvgIpc) is 2.73. The Morgan fingerprint density at radius 3 is 2.54 bits per heavy atom. The third-order valence-corrected chi connectivity index (χ3v) is 5.17. The van der Waals surface area contributed by atoms with Crippen LogP contribution in [0.1, 0.15) is 47.2 Å². The lowest BCUT2D eigenvalue weighted by Crippen LogP contribution is -2.36. The molecule has 1 fully saturated rings. The fourth-order valence-electron chi connectivity index (χ4n) is 3.61. The van der Waals surface area contributed by atoms with Crippen LogP contribution in [0.4, 0.5) is 5.69 Å². The molecule has 3 rings (SSSR count). The highest BCUT2D eigenvalue weighted by Gasteiger charge is 2.21. The van der Waals surface area contributed by atoms with Crippen LogP contribution < -0.4 is 10.1 Å². The van der Waals surface area contributed by atoms with Gasteiger partial charge in [0.05, 0.1) is 18.4 Å². The molecule has 2 aromatic carbocycles. The summed E-state index contributed by atoms with van der Waals surface area (Å²) in [6.45, 7) is 3.57. The Bertz CT molecular complexity index is 841. The standard InChI is InChI=1S/C23H28N2O3/c1-17-16-18(10-12-21(17)28-2)11-13-22(26)24-20-9-5-4-8-19(20)23(27)25-14-6-3-7-15-25/h4-5,8-10,12,16H,3,6-7,11,13-15H2,1-2H3,(H,24,26). The Balaban J connectivity index is 1.62. The molecule has 28 heavy (non-hydrogen) atoms. The molecule has 5 nitrogen and oxygen atoms in total. The Morgan fingerprint density at radius 1 is 1.07 bits per heavy atom. The molecule has 0 aliphatic carbocycles. The molecule has 2 amide bonds. The van der Waals surface area contributed by atoms with Crippen LogP contribution in [-0.2, 0) is 11.2 Å². The van der Waals surface area contributed by atoms with E-state index < -0.39 is 0 Å². The van der Waals surface area contributed by atoms with E-state index in [1.807, 2.05) is 42.2 Å². The number of hydrogen-bond acceptors (Lipinski definition) is 3. The number of para-hydroxylation sites is 1. The van der Waals surface area contributed by atoms with Crippen molar-refractivity contribution in [2.75, 3.05) is 25.5 Å². The summed E-state index contributed by atoms with van der Waals surface area (Å²) >= 11 is 0. The number of likely N-dealkylation sites (tertiary alicyclic amines) is 1. The highest BCUT2D eigenvalue weighted by molar-refractivity contribution is 6.03. The van der Waals surface area contributed by atoms with Crippen molar-refractivity contribution >= 4 is 17.5 Å². The van der Waals surface area contributed by atoms with Gasteiger partial charge in [0.25, 0.3) is 5.91 Å². The van der Waals surface area contributed by atoms with Crippen molar-refractivity contribution in [2.45, 2.75) is 39.0 Å². The third kappa shape index (κ3) is 4.91. The van der Waals surface area contributed by atoms with Crippen LogP contribution in [0.3, 0.4) is 0 Å².